The Hall–Kier alpha value is 0.0700. The highest BCUT2D eigenvalue weighted by Gasteiger charge is 2.21. The molecule has 0 spiro atoms. The number of ether oxygens (including phenoxy) is 1. The Balaban J connectivity index is 1.98. The molecule has 1 aliphatic rings. The van der Waals surface area contributed by atoms with E-state index >= 15 is 0 Å². The van der Waals surface area contributed by atoms with Crippen LogP contribution in [0, 0.1) is 0 Å². The summed E-state index contributed by atoms with van der Waals surface area (Å²) in [5.74, 6) is 0. The van der Waals surface area contributed by atoms with Gasteiger partial charge in [-0.15, -0.1) is 0 Å². The second kappa shape index (κ2) is 21.4. The predicted octanol–water partition coefficient (Wildman–Crippen LogP) is 8.86. The molecule has 0 aromatic rings. The third-order valence-electron chi connectivity index (χ3n) is 7.02. The molecular formula is C27H55O5P. The van der Waals surface area contributed by atoms with Crippen molar-refractivity contribution >= 4 is 7.82 Å². The number of rotatable bonds is 23. The average molecular weight is 491 g/mol. The van der Waals surface area contributed by atoms with Gasteiger partial charge in [-0.25, -0.2) is 4.57 Å². The van der Waals surface area contributed by atoms with Crippen LogP contribution >= 0.6 is 7.82 Å². The number of hydrogen-bond acceptors (Lipinski definition) is 3. The van der Waals surface area contributed by atoms with Crippen LogP contribution in [0.5, 0.6) is 0 Å². The number of hydrogen-bond donors (Lipinski definition) is 2. The highest BCUT2D eigenvalue weighted by molar-refractivity contribution is 7.46. The van der Waals surface area contributed by atoms with E-state index in [1.54, 1.807) is 0 Å². The van der Waals surface area contributed by atoms with Crippen LogP contribution in [0.2, 0.25) is 0 Å². The Morgan fingerprint density at radius 1 is 0.697 bits per heavy atom. The van der Waals surface area contributed by atoms with E-state index in [0.717, 1.165) is 25.7 Å². The summed E-state index contributed by atoms with van der Waals surface area (Å²) >= 11 is 0. The molecule has 0 amide bonds. The van der Waals surface area contributed by atoms with Crippen LogP contribution in [0.4, 0.5) is 0 Å². The van der Waals surface area contributed by atoms with Gasteiger partial charge in [0.1, 0.15) is 0 Å². The lowest BCUT2D eigenvalue weighted by Gasteiger charge is -2.28. The van der Waals surface area contributed by atoms with Gasteiger partial charge in [-0.05, 0) is 25.7 Å². The quantitative estimate of drug-likeness (QED) is 0.110. The molecule has 198 valence electrons. The summed E-state index contributed by atoms with van der Waals surface area (Å²) in [4.78, 5) is 17.8. The van der Waals surface area contributed by atoms with Crippen molar-refractivity contribution < 1.29 is 23.6 Å². The smallest absolute Gasteiger partial charge is 0.375 e. The lowest BCUT2D eigenvalue weighted by atomic mass is 9.97. The normalized spacial score (nSPS) is 16.3. The highest BCUT2D eigenvalue weighted by atomic mass is 31.2. The molecule has 0 radical (unpaired) electrons. The van der Waals surface area contributed by atoms with Gasteiger partial charge in [0.05, 0.1) is 18.8 Å². The molecule has 1 aliphatic carbocycles. The Kier molecular flexibility index (Phi) is 20.1. The van der Waals surface area contributed by atoms with Crippen LogP contribution in [-0.2, 0) is 13.8 Å². The molecule has 0 aliphatic heterocycles. The molecule has 0 aromatic carbocycles. The molecule has 1 rings (SSSR count). The first-order valence-corrected chi connectivity index (χ1v) is 15.9. The lowest BCUT2D eigenvalue weighted by Crippen LogP contribution is -2.25. The first-order valence-electron chi connectivity index (χ1n) is 14.4. The zero-order chi connectivity index (χ0) is 24.0. The van der Waals surface area contributed by atoms with E-state index in [1.807, 2.05) is 0 Å². The van der Waals surface area contributed by atoms with Crippen molar-refractivity contribution in [3.8, 4) is 0 Å². The van der Waals surface area contributed by atoms with Gasteiger partial charge in [0.15, 0.2) is 0 Å². The molecule has 2 N–H and O–H groups in total. The van der Waals surface area contributed by atoms with Crippen molar-refractivity contribution in [1.29, 1.82) is 0 Å². The number of phosphoric ester groups is 1. The zero-order valence-electron chi connectivity index (χ0n) is 21.7. The molecule has 1 unspecified atom stereocenters. The van der Waals surface area contributed by atoms with Crippen molar-refractivity contribution in [3.63, 3.8) is 0 Å². The number of phosphoric acid groups is 1. The maximum Gasteiger partial charge on any atom is 0.469 e. The zero-order valence-corrected chi connectivity index (χ0v) is 22.6. The van der Waals surface area contributed by atoms with Crippen molar-refractivity contribution in [3.05, 3.63) is 0 Å². The molecule has 5 nitrogen and oxygen atoms in total. The second-order valence-electron chi connectivity index (χ2n) is 10.2. The molecule has 33 heavy (non-hydrogen) atoms. The summed E-state index contributed by atoms with van der Waals surface area (Å²) in [6.45, 7) is 2.35. The van der Waals surface area contributed by atoms with Gasteiger partial charge in [-0.3, -0.25) is 4.52 Å². The third-order valence-corrected chi connectivity index (χ3v) is 7.53. The van der Waals surface area contributed by atoms with E-state index in [9.17, 15) is 4.57 Å². The molecular weight excluding hydrogens is 435 g/mol. The van der Waals surface area contributed by atoms with Crippen LogP contribution in [0.1, 0.15) is 155 Å². The van der Waals surface area contributed by atoms with Gasteiger partial charge in [0.2, 0.25) is 0 Å². The minimum atomic E-state index is -4.38. The molecule has 6 heteroatoms. The number of unbranched alkanes of at least 4 members (excludes halogenated alkanes) is 15. The van der Waals surface area contributed by atoms with Crippen molar-refractivity contribution in [2.45, 2.75) is 167 Å². The second-order valence-corrected chi connectivity index (χ2v) is 11.5. The average Bonchev–Trinajstić information content (AvgIpc) is 2.78. The molecule has 0 aromatic heterocycles. The first kappa shape index (κ1) is 31.1. The molecule has 1 saturated carbocycles. The SMILES string of the molecule is CCCCCCCCCCCCCCCCCCC(CCOP(=O)(O)O)OC1CCCCC1. The fraction of sp³-hybridized carbons (Fsp3) is 1.00. The summed E-state index contributed by atoms with van der Waals surface area (Å²) in [5, 5.41) is 0. The molecule has 0 heterocycles. The van der Waals surface area contributed by atoms with Gasteiger partial charge >= 0.3 is 7.82 Å². The van der Waals surface area contributed by atoms with Gasteiger partial charge in [0.25, 0.3) is 0 Å². The Morgan fingerprint density at radius 2 is 1.15 bits per heavy atom. The van der Waals surface area contributed by atoms with E-state index in [-0.39, 0.29) is 12.7 Å². The van der Waals surface area contributed by atoms with Gasteiger partial charge < -0.3 is 14.5 Å². The van der Waals surface area contributed by atoms with Crippen LogP contribution in [-0.4, -0.2) is 28.6 Å². The fourth-order valence-corrected chi connectivity index (χ4v) is 5.32. The maximum absolute atomic E-state index is 11.0. The first-order chi connectivity index (χ1) is 16.0. The van der Waals surface area contributed by atoms with Gasteiger partial charge in [-0.1, -0.05) is 129 Å². The van der Waals surface area contributed by atoms with Crippen LogP contribution in [0.15, 0.2) is 0 Å². The van der Waals surface area contributed by atoms with Crippen molar-refractivity contribution in [1.82, 2.24) is 0 Å². The van der Waals surface area contributed by atoms with E-state index in [1.165, 1.54) is 116 Å². The van der Waals surface area contributed by atoms with E-state index < -0.39 is 7.82 Å². The molecule has 1 atom stereocenters. The molecule has 0 saturated heterocycles. The lowest BCUT2D eigenvalue weighted by molar-refractivity contribution is -0.0432. The summed E-state index contributed by atoms with van der Waals surface area (Å²) < 4.78 is 21.9. The van der Waals surface area contributed by atoms with Crippen LogP contribution < -0.4 is 0 Å². The van der Waals surface area contributed by atoms with Crippen molar-refractivity contribution in [2.24, 2.45) is 0 Å². The van der Waals surface area contributed by atoms with Gasteiger partial charge in [-0.2, -0.15) is 0 Å². The fourth-order valence-electron chi connectivity index (χ4n) is 4.98. The van der Waals surface area contributed by atoms with Crippen LogP contribution in [0.25, 0.3) is 0 Å². The summed E-state index contributed by atoms with van der Waals surface area (Å²) in [6.07, 6.45) is 29.7. The summed E-state index contributed by atoms with van der Waals surface area (Å²) in [7, 11) is -4.38. The van der Waals surface area contributed by atoms with Crippen LogP contribution in [0.3, 0.4) is 0 Å². The largest absolute Gasteiger partial charge is 0.469 e. The Bertz CT molecular complexity index is 461. The van der Waals surface area contributed by atoms with E-state index in [4.69, 9.17) is 14.5 Å². The highest BCUT2D eigenvalue weighted by Crippen LogP contribution is 2.36. The summed E-state index contributed by atoms with van der Waals surface area (Å²) in [5.41, 5.74) is 0. The standard InChI is InChI=1S/C27H55O5P/c1-2-3-4-5-6-7-8-9-10-11-12-13-14-15-16-18-23-27(24-25-31-33(28,29)30)32-26-21-19-17-20-22-26/h26-27H,2-25H2,1H3,(H2,28,29,30). The predicted molar refractivity (Wildman–Crippen MR) is 139 cm³/mol. The monoisotopic (exact) mass is 490 g/mol. The maximum atomic E-state index is 11.0. The third kappa shape index (κ3) is 21.1. The molecule has 0 bridgehead atoms. The Labute approximate surface area is 205 Å². The Morgan fingerprint density at radius 3 is 1.61 bits per heavy atom. The van der Waals surface area contributed by atoms with Gasteiger partial charge in [0, 0.05) is 0 Å². The summed E-state index contributed by atoms with van der Waals surface area (Å²) in [6, 6.07) is 0. The minimum Gasteiger partial charge on any atom is -0.375 e. The van der Waals surface area contributed by atoms with E-state index in [2.05, 4.69) is 11.4 Å². The van der Waals surface area contributed by atoms with Crippen molar-refractivity contribution in [2.75, 3.05) is 6.61 Å². The topological polar surface area (TPSA) is 76.0 Å². The van der Waals surface area contributed by atoms with E-state index in [0.29, 0.717) is 12.5 Å². The molecule has 1 fully saturated rings. The minimum absolute atomic E-state index is 0.0614.